The van der Waals surface area contributed by atoms with Crippen molar-refractivity contribution in [3.05, 3.63) is 83.9 Å². The molecule has 3 saturated heterocycles. The molecule has 0 spiro atoms. The van der Waals surface area contributed by atoms with Gasteiger partial charge in [0.05, 0.1) is 26.3 Å². The van der Waals surface area contributed by atoms with Gasteiger partial charge in [-0.2, -0.15) is 0 Å². The first-order valence-electron chi connectivity index (χ1n) is 21.4. The standard InChI is InChI=1S/C46H59N7O9/c1-27(2)39(49-45(59)61-5)43(57)51-25-7-9-37(51)41(55)47-31-15-11-29(12-16-31)35-23-24-36(53(35)33-19-21-34(54)22-20-33)30-13-17-32(18-14-30)48-42(56)38-10-8-26-52(38)44(58)40(28(3)4)50-46(60)62-6/h11-22,27-28,35-40,54H,7-10,23-26H2,1-6H3,(H,47,55)(H,48,56)(H,49,59)(H,50,60)/t35?,36?,37-,38-,39-,40-/m0/s1. The zero-order valence-corrected chi connectivity index (χ0v) is 36.3. The summed E-state index contributed by atoms with van der Waals surface area (Å²) < 4.78 is 9.44. The molecule has 0 bridgehead atoms. The molecule has 6 rings (SSSR count). The first kappa shape index (κ1) is 45.2. The number of methoxy groups -OCH3 is 2. The molecular weight excluding hydrogens is 795 g/mol. The van der Waals surface area contributed by atoms with Crippen molar-refractivity contribution in [2.45, 2.75) is 102 Å². The maximum atomic E-state index is 13.6. The highest BCUT2D eigenvalue weighted by Crippen LogP contribution is 2.47. The largest absolute Gasteiger partial charge is 0.508 e. The molecule has 3 heterocycles. The summed E-state index contributed by atoms with van der Waals surface area (Å²) in [5.41, 5.74) is 4.18. The molecule has 3 aliphatic heterocycles. The zero-order chi connectivity index (χ0) is 44.7. The van der Waals surface area contributed by atoms with E-state index in [1.54, 1.807) is 21.9 Å². The van der Waals surface area contributed by atoms with Gasteiger partial charge in [-0.25, -0.2) is 9.59 Å². The van der Waals surface area contributed by atoms with Crippen molar-refractivity contribution < 1.29 is 43.3 Å². The van der Waals surface area contributed by atoms with Crippen molar-refractivity contribution in [3.8, 4) is 5.75 Å². The molecule has 3 aromatic rings. The molecule has 3 fully saturated rings. The van der Waals surface area contributed by atoms with Gasteiger partial charge >= 0.3 is 12.2 Å². The number of likely N-dealkylation sites (tertiary alicyclic amines) is 2. The summed E-state index contributed by atoms with van der Waals surface area (Å²) in [4.78, 5) is 83.5. The van der Waals surface area contributed by atoms with Crippen LogP contribution in [0.3, 0.4) is 0 Å². The zero-order valence-electron chi connectivity index (χ0n) is 36.3. The molecule has 3 aliphatic rings. The van der Waals surface area contributed by atoms with Crippen LogP contribution in [-0.2, 0) is 28.7 Å². The third kappa shape index (κ3) is 10.2. The molecule has 5 N–H and O–H groups in total. The number of nitrogens with one attached hydrogen (secondary N) is 4. The van der Waals surface area contributed by atoms with Gasteiger partial charge in [-0.15, -0.1) is 0 Å². The molecule has 0 radical (unpaired) electrons. The van der Waals surface area contributed by atoms with Crippen LogP contribution in [0.4, 0.5) is 26.7 Å². The minimum Gasteiger partial charge on any atom is -0.508 e. The number of rotatable bonds is 13. The van der Waals surface area contributed by atoms with Crippen LogP contribution in [0.5, 0.6) is 5.75 Å². The summed E-state index contributed by atoms with van der Waals surface area (Å²) in [6.07, 6.45) is 2.58. The Balaban J connectivity index is 1.13. The Labute approximate surface area is 362 Å². The summed E-state index contributed by atoms with van der Waals surface area (Å²) in [6.45, 7) is 8.13. The van der Waals surface area contributed by atoms with Gasteiger partial charge in [-0.3, -0.25) is 19.2 Å². The topological polar surface area (TPSA) is 199 Å². The van der Waals surface area contributed by atoms with Crippen molar-refractivity contribution in [1.29, 1.82) is 0 Å². The minimum absolute atomic E-state index is 0.0406. The number of carbonyl (C=O) groups is 6. The van der Waals surface area contributed by atoms with Gasteiger partial charge in [0.15, 0.2) is 0 Å². The molecule has 0 aromatic heterocycles. The van der Waals surface area contributed by atoms with E-state index in [9.17, 15) is 33.9 Å². The molecule has 0 aliphatic carbocycles. The van der Waals surface area contributed by atoms with Gasteiger partial charge in [0.2, 0.25) is 23.6 Å². The Bertz CT molecular complexity index is 1950. The van der Waals surface area contributed by atoms with E-state index in [1.165, 1.54) is 14.2 Å². The van der Waals surface area contributed by atoms with E-state index < -0.39 is 36.4 Å². The summed E-state index contributed by atoms with van der Waals surface area (Å²) in [5.74, 6) is -1.49. The highest BCUT2D eigenvalue weighted by Gasteiger charge is 2.41. The maximum Gasteiger partial charge on any atom is 0.407 e. The third-order valence-electron chi connectivity index (χ3n) is 12.1. The van der Waals surface area contributed by atoms with Crippen molar-refractivity contribution in [1.82, 2.24) is 20.4 Å². The number of benzene rings is 3. The summed E-state index contributed by atoms with van der Waals surface area (Å²) in [6, 6.07) is 19.5. The monoisotopic (exact) mass is 853 g/mol. The summed E-state index contributed by atoms with van der Waals surface area (Å²) >= 11 is 0. The Morgan fingerprint density at radius 3 is 1.32 bits per heavy atom. The maximum absolute atomic E-state index is 13.6. The van der Waals surface area contributed by atoms with Crippen LogP contribution in [0.15, 0.2) is 72.8 Å². The molecule has 3 aromatic carbocycles. The number of anilines is 3. The fourth-order valence-corrected chi connectivity index (χ4v) is 8.84. The summed E-state index contributed by atoms with van der Waals surface area (Å²) in [7, 11) is 2.48. The number of alkyl carbamates (subject to hydrolysis) is 2. The van der Waals surface area contributed by atoms with Crippen molar-refractivity contribution in [2.75, 3.05) is 42.8 Å². The van der Waals surface area contributed by atoms with Gasteiger partial charge in [-0.05, 0) is 110 Å². The summed E-state index contributed by atoms with van der Waals surface area (Å²) in [5, 5.41) is 21.4. The Kier molecular flexibility index (Phi) is 14.6. The average Bonchev–Trinajstić information content (AvgIpc) is 4.06. The van der Waals surface area contributed by atoms with Crippen LogP contribution in [0.2, 0.25) is 0 Å². The fraction of sp³-hybridized carbons (Fsp3) is 0.478. The molecule has 6 atom stereocenters. The Hall–Kier alpha value is -6.32. The van der Waals surface area contributed by atoms with Gasteiger partial charge in [0.25, 0.3) is 0 Å². The van der Waals surface area contributed by atoms with Crippen molar-refractivity contribution >= 4 is 52.9 Å². The number of hydrogen-bond acceptors (Lipinski definition) is 10. The lowest BCUT2D eigenvalue weighted by molar-refractivity contribution is -0.139. The fourth-order valence-electron chi connectivity index (χ4n) is 8.84. The van der Waals surface area contributed by atoms with E-state index in [2.05, 4.69) is 26.2 Å². The molecule has 332 valence electrons. The highest BCUT2D eigenvalue weighted by molar-refractivity contribution is 5.99. The van der Waals surface area contributed by atoms with E-state index >= 15 is 0 Å². The number of aromatic hydroxyl groups is 1. The SMILES string of the molecule is COC(=O)N[C@H](C(=O)N1CCC[C@H]1C(=O)Nc1ccc(C2CCC(c3ccc(NC(=O)[C@@H]4CCCN4C(=O)[C@@H](NC(=O)OC)C(C)C)cc3)N2c2ccc(O)cc2)cc1)C(C)C. The number of ether oxygens (including phenoxy) is 2. The molecule has 2 unspecified atom stereocenters. The van der Waals surface area contributed by atoms with Gasteiger partial charge in [0.1, 0.15) is 29.9 Å². The van der Waals surface area contributed by atoms with Gasteiger partial charge in [0, 0.05) is 30.2 Å². The first-order valence-corrected chi connectivity index (χ1v) is 21.4. The lowest BCUT2D eigenvalue weighted by atomic mass is 10.0. The Morgan fingerprint density at radius 2 is 0.968 bits per heavy atom. The van der Waals surface area contributed by atoms with Gasteiger partial charge < -0.3 is 50.5 Å². The minimum atomic E-state index is -0.824. The average molecular weight is 854 g/mol. The van der Waals surface area contributed by atoms with E-state index in [0.29, 0.717) is 50.1 Å². The molecule has 16 heteroatoms. The highest BCUT2D eigenvalue weighted by atomic mass is 16.5. The van der Waals surface area contributed by atoms with Crippen LogP contribution in [0, 0.1) is 11.8 Å². The first-order chi connectivity index (χ1) is 29.7. The van der Waals surface area contributed by atoms with Crippen LogP contribution in [-0.4, -0.2) is 102 Å². The van der Waals surface area contributed by atoms with E-state index in [4.69, 9.17) is 9.47 Å². The normalized spacial score (nSPS) is 20.7. The van der Waals surface area contributed by atoms with Crippen LogP contribution < -0.4 is 26.2 Å². The molecular formula is C46H59N7O9. The second-order valence-electron chi connectivity index (χ2n) is 16.8. The number of phenolic OH excluding ortho intramolecular Hbond substituents is 1. The van der Waals surface area contributed by atoms with E-state index in [-0.39, 0.29) is 53.3 Å². The number of carbonyl (C=O) groups excluding carboxylic acids is 6. The Morgan fingerprint density at radius 1 is 0.581 bits per heavy atom. The van der Waals surface area contributed by atoms with Crippen LogP contribution in [0.25, 0.3) is 0 Å². The van der Waals surface area contributed by atoms with Gasteiger partial charge in [-0.1, -0.05) is 52.0 Å². The second-order valence-corrected chi connectivity index (χ2v) is 16.8. The third-order valence-corrected chi connectivity index (χ3v) is 12.1. The molecule has 0 saturated carbocycles. The smallest absolute Gasteiger partial charge is 0.407 e. The second kappa shape index (κ2) is 20.0. The molecule has 6 amide bonds. The lowest BCUT2D eigenvalue weighted by Gasteiger charge is -2.33. The van der Waals surface area contributed by atoms with Crippen LogP contribution >= 0.6 is 0 Å². The predicted molar refractivity (Wildman–Crippen MR) is 233 cm³/mol. The molecule has 16 nitrogen and oxygen atoms in total. The van der Waals surface area contributed by atoms with Crippen LogP contribution in [0.1, 0.15) is 89.4 Å². The number of nitrogens with zero attached hydrogens (tertiary/aromatic N) is 3. The predicted octanol–water partition coefficient (Wildman–Crippen LogP) is 6.10. The number of phenols is 1. The van der Waals surface area contributed by atoms with E-state index in [0.717, 1.165) is 29.7 Å². The quantitative estimate of drug-likeness (QED) is 0.134. The number of amides is 6. The lowest BCUT2D eigenvalue weighted by Crippen LogP contribution is -2.54. The number of hydrogen-bond donors (Lipinski definition) is 5. The molecule has 62 heavy (non-hydrogen) atoms. The van der Waals surface area contributed by atoms with Crippen molar-refractivity contribution in [3.63, 3.8) is 0 Å². The van der Waals surface area contributed by atoms with Crippen molar-refractivity contribution in [2.24, 2.45) is 11.8 Å². The van der Waals surface area contributed by atoms with E-state index in [1.807, 2.05) is 88.4 Å².